The molecule has 0 bridgehead atoms. The SMILES string of the molecule is Cc1n[nH]c(C)c1CNC(=O)C1(c2ccccc2F)CC1. The summed E-state index contributed by atoms with van der Waals surface area (Å²) in [4.78, 5) is 12.5. The van der Waals surface area contributed by atoms with Crippen LogP contribution in [-0.2, 0) is 16.8 Å². The molecule has 1 heterocycles. The van der Waals surface area contributed by atoms with E-state index in [2.05, 4.69) is 15.5 Å². The van der Waals surface area contributed by atoms with Gasteiger partial charge in [-0.1, -0.05) is 18.2 Å². The van der Waals surface area contributed by atoms with Crippen molar-refractivity contribution >= 4 is 5.91 Å². The van der Waals surface area contributed by atoms with Crippen molar-refractivity contribution in [2.24, 2.45) is 0 Å². The number of aromatic amines is 1. The summed E-state index contributed by atoms with van der Waals surface area (Å²) < 4.78 is 13.9. The zero-order valence-electron chi connectivity index (χ0n) is 12.2. The van der Waals surface area contributed by atoms with Gasteiger partial charge in [0.25, 0.3) is 0 Å². The Bertz CT molecular complexity index is 669. The van der Waals surface area contributed by atoms with Crippen molar-refractivity contribution in [3.8, 4) is 0 Å². The Hall–Kier alpha value is -2.17. The van der Waals surface area contributed by atoms with Gasteiger partial charge in [-0.25, -0.2) is 4.39 Å². The quantitative estimate of drug-likeness (QED) is 0.907. The first-order valence-corrected chi connectivity index (χ1v) is 7.08. The number of amides is 1. The zero-order valence-corrected chi connectivity index (χ0v) is 12.2. The van der Waals surface area contributed by atoms with Gasteiger partial charge in [0.1, 0.15) is 5.82 Å². The fourth-order valence-corrected chi connectivity index (χ4v) is 2.77. The van der Waals surface area contributed by atoms with Gasteiger partial charge in [-0.05, 0) is 32.8 Å². The Morgan fingerprint density at radius 3 is 2.67 bits per heavy atom. The molecule has 0 spiro atoms. The van der Waals surface area contributed by atoms with Crippen molar-refractivity contribution < 1.29 is 9.18 Å². The molecule has 21 heavy (non-hydrogen) atoms. The van der Waals surface area contributed by atoms with Crippen molar-refractivity contribution in [2.75, 3.05) is 0 Å². The number of hydrogen-bond acceptors (Lipinski definition) is 2. The van der Waals surface area contributed by atoms with Crippen LogP contribution in [0.2, 0.25) is 0 Å². The molecule has 0 unspecified atom stereocenters. The number of benzene rings is 1. The molecule has 1 aliphatic carbocycles. The van der Waals surface area contributed by atoms with E-state index in [1.54, 1.807) is 18.2 Å². The zero-order chi connectivity index (χ0) is 15.0. The molecule has 2 aromatic rings. The van der Waals surface area contributed by atoms with Crippen LogP contribution in [0.4, 0.5) is 4.39 Å². The number of aryl methyl sites for hydroxylation is 2. The molecular weight excluding hydrogens is 269 g/mol. The number of H-pyrrole nitrogens is 1. The summed E-state index contributed by atoms with van der Waals surface area (Å²) in [6, 6.07) is 6.53. The normalized spacial score (nSPS) is 15.8. The largest absolute Gasteiger partial charge is 0.351 e. The molecule has 1 aromatic heterocycles. The Morgan fingerprint density at radius 2 is 2.10 bits per heavy atom. The monoisotopic (exact) mass is 287 g/mol. The van der Waals surface area contributed by atoms with E-state index in [0.29, 0.717) is 24.9 Å². The van der Waals surface area contributed by atoms with Gasteiger partial charge in [-0.3, -0.25) is 9.89 Å². The highest BCUT2D eigenvalue weighted by molar-refractivity contribution is 5.91. The molecule has 0 atom stereocenters. The third-order valence-electron chi connectivity index (χ3n) is 4.28. The maximum absolute atomic E-state index is 13.9. The second-order valence-electron chi connectivity index (χ2n) is 5.66. The van der Waals surface area contributed by atoms with Crippen LogP contribution >= 0.6 is 0 Å². The standard InChI is InChI=1S/C16H18FN3O/c1-10-12(11(2)20-19-10)9-18-15(21)16(7-8-16)13-5-3-4-6-14(13)17/h3-6H,7-9H2,1-2H3,(H,18,21)(H,19,20). The van der Waals surface area contributed by atoms with E-state index in [9.17, 15) is 9.18 Å². The first-order valence-electron chi connectivity index (χ1n) is 7.08. The van der Waals surface area contributed by atoms with E-state index < -0.39 is 5.41 Å². The molecule has 110 valence electrons. The Morgan fingerprint density at radius 1 is 1.38 bits per heavy atom. The topological polar surface area (TPSA) is 57.8 Å². The Balaban J connectivity index is 1.76. The predicted octanol–water partition coefficient (Wildman–Crippen LogP) is 2.51. The molecule has 0 aliphatic heterocycles. The van der Waals surface area contributed by atoms with Gasteiger partial charge in [0.05, 0.1) is 11.1 Å². The van der Waals surface area contributed by atoms with Crippen LogP contribution < -0.4 is 5.32 Å². The van der Waals surface area contributed by atoms with Crippen LogP contribution in [0.15, 0.2) is 24.3 Å². The molecule has 0 radical (unpaired) electrons. The van der Waals surface area contributed by atoms with Gasteiger partial charge in [-0.15, -0.1) is 0 Å². The average Bonchev–Trinajstić information content (AvgIpc) is 3.21. The maximum atomic E-state index is 13.9. The second-order valence-corrected chi connectivity index (χ2v) is 5.66. The summed E-state index contributed by atoms with van der Waals surface area (Å²) in [6.07, 6.45) is 1.40. The predicted molar refractivity (Wildman–Crippen MR) is 77.2 cm³/mol. The van der Waals surface area contributed by atoms with E-state index in [0.717, 1.165) is 17.0 Å². The molecule has 5 heteroatoms. The first kappa shape index (κ1) is 13.8. The number of carbonyl (C=O) groups is 1. The number of nitrogens with one attached hydrogen (secondary N) is 2. The van der Waals surface area contributed by atoms with E-state index >= 15 is 0 Å². The highest BCUT2D eigenvalue weighted by Crippen LogP contribution is 2.49. The molecule has 1 saturated carbocycles. The number of aromatic nitrogens is 2. The minimum Gasteiger partial charge on any atom is -0.351 e. The third-order valence-corrected chi connectivity index (χ3v) is 4.28. The van der Waals surface area contributed by atoms with Gasteiger partial charge >= 0.3 is 0 Å². The van der Waals surface area contributed by atoms with E-state index in [1.807, 2.05) is 13.8 Å². The summed E-state index contributed by atoms with van der Waals surface area (Å²) >= 11 is 0. The lowest BCUT2D eigenvalue weighted by Gasteiger charge is -2.16. The van der Waals surface area contributed by atoms with Crippen molar-refractivity contribution in [1.29, 1.82) is 0 Å². The van der Waals surface area contributed by atoms with Crippen LogP contribution in [0.5, 0.6) is 0 Å². The van der Waals surface area contributed by atoms with E-state index in [-0.39, 0.29) is 11.7 Å². The molecule has 1 aliphatic rings. The third kappa shape index (κ3) is 2.33. The number of nitrogens with zero attached hydrogens (tertiary/aromatic N) is 1. The summed E-state index contributed by atoms with van der Waals surface area (Å²) in [7, 11) is 0. The highest BCUT2D eigenvalue weighted by atomic mass is 19.1. The minimum atomic E-state index is -0.684. The summed E-state index contributed by atoms with van der Waals surface area (Å²) in [6.45, 7) is 4.24. The van der Waals surface area contributed by atoms with Gasteiger partial charge in [0.2, 0.25) is 5.91 Å². The molecule has 2 N–H and O–H groups in total. The molecular formula is C16H18FN3O. The Labute approximate surface area is 122 Å². The minimum absolute atomic E-state index is 0.104. The fourth-order valence-electron chi connectivity index (χ4n) is 2.77. The summed E-state index contributed by atoms with van der Waals surface area (Å²) in [5, 5.41) is 9.93. The second kappa shape index (κ2) is 4.98. The fraction of sp³-hybridized carbons (Fsp3) is 0.375. The molecule has 4 nitrogen and oxygen atoms in total. The van der Waals surface area contributed by atoms with Gasteiger partial charge in [-0.2, -0.15) is 5.10 Å². The van der Waals surface area contributed by atoms with Gasteiger partial charge in [0.15, 0.2) is 0 Å². The lowest BCUT2D eigenvalue weighted by atomic mass is 9.94. The molecule has 3 rings (SSSR count). The Kier molecular flexibility index (Phi) is 3.27. The summed E-state index contributed by atoms with van der Waals surface area (Å²) in [5.41, 5.74) is 2.64. The molecule has 1 fully saturated rings. The number of carbonyl (C=O) groups excluding carboxylic acids is 1. The van der Waals surface area contributed by atoms with Crippen LogP contribution in [0.25, 0.3) is 0 Å². The van der Waals surface area contributed by atoms with Crippen LogP contribution in [0, 0.1) is 19.7 Å². The molecule has 1 amide bonds. The highest BCUT2D eigenvalue weighted by Gasteiger charge is 2.52. The van der Waals surface area contributed by atoms with Gasteiger partial charge < -0.3 is 5.32 Å². The lowest BCUT2D eigenvalue weighted by molar-refractivity contribution is -0.123. The first-order chi connectivity index (χ1) is 10.0. The smallest absolute Gasteiger partial charge is 0.231 e. The van der Waals surface area contributed by atoms with Crippen molar-refractivity contribution in [3.63, 3.8) is 0 Å². The number of rotatable bonds is 4. The maximum Gasteiger partial charge on any atom is 0.231 e. The lowest BCUT2D eigenvalue weighted by Crippen LogP contribution is -2.35. The molecule has 0 saturated heterocycles. The van der Waals surface area contributed by atoms with Gasteiger partial charge in [0, 0.05) is 23.4 Å². The summed E-state index contributed by atoms with van der Waals surface area (Å²) in [5.74, 6) is -0.409. The van der Waals surface area contributed by atoms with Crippen LogP contribution in [0.3, 0.4) is 0 Å². The number of hydrogen-bond donors (Lipinski definition) is 2. The number of halogens is 1. The molecule has 1 aromatic carbocycles. The van der Waals surface area contributed by atoms with E-state index in [4.69, 9.17) is 0 Å². The van der Waals surface area contributed by atoms with Crippen molar-refractivity contribution in [1.82, 2.24) is 15.5 Å². The average molecular weight is 287 g/mol. The van der Waals surface area contributed by atoms with E-state index in [1.165, 1.54) is 6.07 Å². The van der Waals surface area contributed by atoms with Crippen LogP contribution in [0.1, 0.15) is 35.4 Å². The van der Waals surface area contributed by atoms with Crippen molar-refractivity contribution in [3.05, 3.63) is 52.6 Å². The van der Waals surface area contributed by atoms with Crippen LogP contribution in [-0.4, -0.2) is 16.1 Å². The van der Waals surface area contributed by atoms with Crippen molar-refractivity contribution in [2.45, 2.75) is 38.6 Å².